The van der Waals surface area contributed by atoms with Gasteiger partial charge in [-0.2, -0.15) is 0 Å². The summed E-state index contributed by atoms with van der Waals surface area (Å²) < 4.78 is 26.4. The number of hydrogen-bond donors (Lipinski definition) is 3. The molecule has 0 spiro atoms. The molecule has 2 amide bonds. The predicted octanol–water partition coefficient (Wildman–Crippen LogP) is 2.51. The van der Waals surface area contributed by atoms with E-state index in [0.717, 1.165) is 5.56 Å². The highest BCUT2D eigenvalue weighted by molar-refractivity contribution is 7.89. The summed E-state index contributed by atoms with van der Waals surface area (Å²) in [5.74, 6) is -1.19. The molecule has 1 fully saturated rings. The second-order valence-corrected chi connectivity index (χ2v) is 10.2. The lowest BCUT2D eigenvalue weighted by atomic mass is 10.1. The van der Waals surface area contributed by atoms with Crippen molar-refractivity contribution in [3.05, 3.63) is 65.7 Å². The summed E-state index contributed by atoms with van der Waals surface area (Å²) in [6.45, 7) is 1.70. The van der Waals surface area contributed by atoms with Gasteiger partial charge >= 0.3 is 0 Å². The maximum Gasteiger partial charge on any atom is 0.269 e. The monoisotopic (exact) mass is 455 g/mol. The summed E-state index contributed by atoms with van der Waals surface area (Å²) in [7, 11) is -3.83. The van der Waals surface area contributed by atoms with Crippen molar-refractivity contribution in [2.75, 3.05) is 0 Å². The Hall–Kier alpha value is -2.13. The van der Waals surface area contributed by atoms with Crippen LogP contribution >= 0.6 is 23.2 Å². The predicted molar refractivity (Wildman–Crippen MR) is 110 cm³/mol. The molecule has 3 rings (SSSR count). The second-order valence-electron chi connectivity index (χ2n) is 6.96. The number of rotatable bonds is 6. The fourth-order valence-electron chi connectivity index (χ4n) is 2.63. The molecule has 1 saturated carbocycles. The molecule has 10 heteroatoms. The van der Waals surface area contributed by atoms with E-state index in [0.29, 0.717) is 0 Å². The van der Waals surface area contributed by atoms with Crippen LogP contribution in [0.2, 0.25) is 0 Å². The Labute approximate surface area is 178 Å². The third-order valence-electron chi connectivity index (χ3n) is 4.76. The van der Waals surface area contributed by atoms with Crippen molar-refractivity contribution in [3.8, 4) is 0 Å². The minimum absolute atomic E-state index is 0.0665. The summed E-state index contributed by atoms with van der Waals surface area (Å²) in [5.41, 5.74) is 4.40. The zero-order chi connectivity index (χ0) is 21.3. The Kier molecular flexibility index (Phi) is 5.91. The van der Waals surface area contributed by atoms with Crippen molar-refractivity contribution in [1.29, 1.82) is 0 Å². The van der Waals surface area contributed by atoms with Gasteiger partial charge in [0.1, 0.15) is 4.33 Å². The lowest BCUT2D eigenvalue weighted by Crippen LogP contribution is -2.45. The Bertz CT molecular complexity index is 1040. The van der Waals surface area contributed by atoms with Gasteiger partial charge in [0, 0.05) is 12.1 Å². The van der Waals surface area contributed by atoms with Gasteiger partial charge < -0.3 is 0 Å². The van der Waals surface area contributed by atoms with Crippen LogP contribution in [0.5, 0.6) is 0 Å². The smallest absolute Gasteiger partial charge is 0.269 e. The number of carbonyl (C=O) groups excluding carboxylic acids is 2. The zero-order valence-corrected chi connectivity index (χ0v) is 17.7. The number of benzene rings is 2. The van der Waals surface area contributed by atoms with Crippen molar-refractivity contribution < 1.29 is 18.0 Å². The highest BCUT2D eigenvalue weighted by atomic mass is 35.5. The van der Waals surface area contributed by atoms with E-state index < -0.39 is 31.6 Å². The van der Waals surface area contributed by atoms with Crippen molar-refractivity contribution in [2.24, 2.45) is 5.41 Å². The summed E-state index contributed by atoms with van der Waals surface area (Å²) >= 11 is 11.9. The second kappa shape index (κ2) is 7.95. The van der Waals surface area contributed by atoms with E-state index in [-0.39, 0.29) is 23.4 Å². The van der Waals surface area contributed by atoms with Gasteiger partial charge in [0.25, 0.3) is 5.91 Å². The molecule has 1 unspecified atom stereocenters. The first-order chi connectivity index (χ1) is 13.6. The van der Waals surface area contributed by atoms with Crippen LogP contribution in [-0.2, 0) is 21.4 Å². The van der Waals surface area contributed by atoms with Crippen LogP contribution in [0.15, 0.2) is 59.5 Å². The molecule has 0 aromatic heterocycles. The van der Waals surface area contributed by atoms with Crippen molar-refractivity contribution in [1.82, 2.24) is 15.6 Å². The van der Waals surface area contributed by atoms with Gasteiger partial charge in [-0.25, -0.2) is 13.1 Å². The number of hydrazine groups is 1. The number of carbonyl (C=O) groups is 2. The van der Waals surface area contributed by atoms with E-state index in [1.165, 1.54) is 24.3 Å². The van der Waals surface area contributed by atoms with Gasteiger partial charge in [0.2, 0.25) is 15.9 Å². The molecular formula is C19H19Cl2N3O4S. The van der Waals surface area contributed by atoms with Crippen LogP contribution in [0.25, 0.3) is 0 Å². The Morgan fingerprint density at radius 2 is 1.69 bits per heavy atom. The van der Waals surface area contributed by atoms with Crippen LogP contribution in [0.1, 0.15) is 29.3 Å². The Morgan fingerprint density at radius 3 is 2.31 bits per heavy atom. The number of amides is 2. The van der Waals surface area contributed by atoms with Gasteiger partial charge in [-0.05, 0) is 37.1 Å². The molecule has 2 aromatic carbocycles. The van der Waals surface area contributed by atoms with E-state index in [1.807, 2.05) is 18.2 Å². The SMILES string of the molecule is CC1(C(=O)NNC(=O)c2cccc(S(=O)(=O)NCc3ccccc3)c2)CC1(Cl)Cl. The summed E-state index contributed by atoms with van der Waals surface area (Å²) in [5, 5.41) is 0. The maximum atomic E-state index is 12.5. The van der Waals surface area contributed by atoms with Crippen molar-refractivity contribution in [3.63, 3.8) is 0 Å². The molecule has 154 valence electrons. The van der Waals surface area contributed by atoms with E-state index in [1.54, 1.807) is 19.1 Å². The number of halogens is 2. The third-order valence-corrected chi connectivity index (χ3v) is 7.26. The molecule has 1 aliphatic carbocycles. The van der Waals surface area contributed by atoms with E-state index in [9.17, 15) is 18.0 Å². The van der Waals surface area contributed by atoms with Gasteiger partial charge in [-0.15, -0.1) is 23.2 Å². The Morgan fingerprint density at radius 1 is 1.03 bits per heavy atom. The minimum Gasteiger partial charge on any atom is -0.273 e. The van der Waals surface area contributed by atoms with E-state index >= 15 is 0 Å². The average Bonchev–Trinajstić information content (AvgIpc) is 3.24. The van der Waals surface area contributed by atoms with Gasteiger partial charge in [-0.1, -0.05) is 36.4 Å². The van der Waals surface area contributed by atoms with E-state index in [4.69, 9.17) is 23.2 Å². The molecule has 1 aliphatic rings. The molecule has 2 aromatic rings. The van der Waals surface area contributed by atoms with Crippen LogP contribution < -0.4 is 15.6 Å². The van der Waals surface area contributed by atoms with Crippen LogP contribution in [0, 0.1) is 5.41 Å². The average molecular weight is 456 g/mol. The largest absolute Gasteiger partial charge is 0.273 e. The van der Waals surface area contributed by atoms with Crippen LogP contribution in [-0.4, -0.2) is 24.6 Å². The van der Waals surface area contributed by atoms with Crippen molar-refractivity contribution in [2.45, 2.75) is 29.1 Å². The minimum atomic E-state index is -3.83. The third kappa shape index (κ3) is 4.72. The molecule has 0 radical (unpaired) electrons. The van der Waals surface area contributed by atoms with Gasteiger partial charge in [0.15, 0.2) is 0 Å². The lowest BCUT2D eigenvalue weighted by molar-refractivity contribution is -0.126. The normalized spacial score (nSPS) is 20.0. The molecule has 1 atom stereocenters. The molecule has 0 bridgehead atoms. The number of hydrogen-bond acceptors (Lipinski definition) is 4. The molecule has 0 heterocycles. The highest BCUT2D eigenvalue weighted by Gasteiger charge is 2.68. The Balaban J connectivity index is 1.64. The molecular weight excluding hydrogens is 437 g/mol. The van der Waals surface area contributed by atoms with Gasteiger partial charge in [0.05, 0.1) is 10.3 Å². The van der Waals surface area contributed by atoms with Crippen molar-refractivity contribution >= 4 is 45.0 Å². The molecule has 7 nitrogen and oxygen atoms in total. The zero-order valence-electron chi connectivity index (χ0n) is 15.4. The van der Waals surface area contributed by atoms with Crippen LogP contribution in [0.4, 0.5) is 0 Å². The topological polar surface area (TPSA) is 104 Å². The summed E-state index contributed by atoms with van der Waals surface area (Å²) in [6.07, 6.45) is 0.269. The fourth-order valence-corrected chi connectivity index (χ4v) is 4.40. The number of alkyl halides is 2. The quantitative estimate of drug-likeness (QED) is 0.459. The number of sulfonamides is 1. The number of nitrogens with one attached hydrogen (secondary N) is 3. The molecule has 0 aliphatic heterocycles. The molecule has 3 N–H and O–H groups in total. The summed E-state index contributed by atoms with van der Waals surface area (Å²) in [4.78, 5) is 24.4. The first-order valence-electron chi connectivity index (χ1n) is 8.67. The van der Waals surface area contributed by atoms with Crippen LogP contribution in [0.3, 0.4) is 0 Å². The first-order valence-corrected chi connectivity index (χ1v) is 10.9. The first kappa shape index (κ1) is 21.6. The van der Waals surface area contributed by atoms with E-state index in [2.05, 4.69) is 15.6 Å². The highest BCUT2D eigenvalue weighted by Crippen LogP contribution is 2.63. The standard InChI is InChI=1S/C19H19Cl2N3O4S/c1-18(12-19(18,20)21)17(26)24-23-16(25)14-8-5-9-15(10-14)29(27,28)22-11-13-6-3-2-4-7-13/h2-10,22H,11-12H2,1H3,(H,23,25)(H,24,26). The fraction of sp³-hybridized carbons (Fsp3) is 0.263. The lowest BCUT2D eigenvalue weighted by Gasteiger charge is -2.14. The maximum absolute atomic E-state index is 12.5. The molecule has 0 saturated heterocycles. The summed E-state index contributed by atoms with van der Waals surface area (Å²) in [6, 6.07) is 14.5. The molecule has 29 heavy (non-hydrogen) atoms. The van der Waals surface area contributed by atoms with Gasteiger partial charge in [-0.3, -0.25) is 20.4 Å².